The van der Waals surface area contributed by atoms with Crippen molar-refractivity contribution in [3.05, 3.63) is 88.7 Å². The lowest BCUT2D eigenvalue weighted by Crippen LogP contribution is -2.17. The summed E-state index contributed by atoms with van der Waals surface area (Å²) < 4.78 is 67.5. The lowest BCUT2D eigenvalue weighted by Gasteiger charge is -2.14. The summed E-state index contributed by atoms with van der Waals surface area (Å²) in [5, 5.41) is 2.70. The number of carbonyl (C=O) groups is 1. The molecule has 0 aliphatic rings. The van der Waals surface area contributed by atoms with E-state index in [9.17, 15) is 22.4 Å². The molecule has 0 bridgehead atoms. The number of hydrogen-bond acceptors (Lipinski definition) is 6. The maximum absolute atomic E-state index is 14.8. The van der Waals surface area contributed by atoms with Crippen LogP contribution in [0.4, 0.5) is 23.2 Å². The number of nitrogens with zero attached hydrogens (tertiary/aromatic N) is 2. The molecule has 0 aliphatic heterocycles. The highest BCUT2D eigenvalue weighted by Gasteiger charge is 2.31. The molecule has 196 valence electrons. The summed E-state index contributed by atoms with van der Waals surface area (Å²) in [5.41, 5.74) is 1.66. The first-order valence-corrected chi connectivity index (χ1v) is 11.6. The van der Waals surface area contributed by atoms with E-state index in [1.807, 2.05) is 0 Å². The Kier molecular flexibility index (Phi) is 7.81. The molecule has 0 unspecified atom stereocenters. The average molecular weight is 592 g/mol. The molecule has 0 fully saturated rings. The van der Waals surface area contributed by atoms with Gasteiger partial charge in [0.1, 0.15) is 16.1 Å². The summed E-state index contributed by atoms with van der Waals surface area (Å²) in [6, 6.07) is 11.3. The van der Waals surface area contributed by atoms with Crippen LogP contribution in [0.1, 0.15) is 15.9 Å². The fourth-order valence-corrected chi connectivity index (χ4v) is 3.79. The van der Waals surface area contributed by atoms with E-state index in [-0.39, 0.29) is 22.6 Å². The van der Waals surface area contributed by atoms with E-state index >= 15 is 0 Å². The molecule has 0 spiro atoms. The van der Waals surface area contributed by atoms with Gasteiger partial charge in [-0.2, -0.15) is 0 Å². The van der Waals surface area contributed by atoms with Gasteiger partial charge in [0.2, 0.25) is 0 Å². The number of alkyl halides is 3. The SMILES string of the molecule is COc1cc(OC(F)(F)F)ccc1Oc1ccc(-c2cncc(F)c2C(=O)Nc2cc(Br)ncc2C)cc1. The Morgan fingerprint density at radius 1 is 0.974 bits per heavy atom. The molecule has 2 aromatic carbocycles. The molecular weight excluding hydrogens is 574 g/mol. The minimum atomic E-state index is -4.85. The Morgan fingerprint density at radius 2 is 1.68 bits per heavy atom. The van der Waals surface area contributed by atoms with Gasteiger partial charge in [0, 0.05) is 29.7 Å². The second-order valence-electron chi connectivity index (χ2n) is 7.81. The van der Waals surface area contributed by atoms with Crippen LogP contribution in [0.15, 0.2) is 71.7 Å². The second kappa shape index (κ2) is 11.1. The van der Waals surface area contributed by atoms with Crippen LogP contribution >= 0.6 is 15.9 Å². The van der Waals surface area contributed by atoms with Crippen molar-refractivity contribution in [2.24, 2.45) is 0 Å². The van der Waals surface area contributed by atoms with Crippen LogP contribution in [-0.4, -0.2) is 29.3 Å². The zero-order valence-corrected chi connectivity index (χ0v) is 21.4. The van der Waals surface area contributed by atoms with Gasteiger partial charge in [0.05, 0.1) is 18.9 Å². The van der Waals surface area contributed by atoms with Crippen molar-refractivity contribution in [2.75, 3.05) is 12.4 Å². The third-order valence-electron chi connectivity index (χ3n) is 5.21. The molecule has 0 radical (unpaired) electrons. The Hall–Kier alpha value is -4.19. The van der Waals surface area contributed by atoms with E-state index in [0.29, 0.717) is 27.2 Å². The Bertz CT molecular complexity index is 1480. The van der Waals surface area contributed by atoms with Crippen LogP contribution in [0.5, 0.6) is 23.0 Å². The van der Waals surface area contributed by atoms with Crippen LogP contribution in [0.3, 0.4) is 0 Å². The molecule has 4 rings (SSSR count). The molecule has 4 aromatic rings. The highest BCUT2D eigenvalue weighted by molar-refractivity contribution is 9.10. The summed E-state index contributed by atoms with van der Waals surface area (Å²) in [7, 11) is 1.28. The molecule has 2 aromatic heterocycles. The van der Waals surface area contributed by atoms with E-state index in [0.717, 1.165) is 18.3 Å². The molecule has 12 heteroatoms. The number of methoxy groups -OCH3 is 1. The number of nitrogens with one attached hydrogen (secondary N) is 1. The van der Waals surface area contributed by atoms with Gasteiger partial charge in [-0.15, -0.1) is 13.2 Å². The summed E-state index contributed by atoms with van der Waals surface area (Å²) in [5.74, 6) is -1.48. The van der Waals surface area contributed by atoms with Crippen LogP contribution in [0, 0.1) is 12.7 Å². The van der Waals surface area contributed by atoms with Gasteiger partial charge in [0.25, 0.3) is 5.91 Å². The third-order valence-corrected chi connectivity index (χ3v) is 5.64. The van der Waals surface area contributed by atoms with E-state index in [2.05, 4.69) is 36.0 Å². The molecule has 1 N–H and O–H groups in total. The predicted octanol–water partition coefficient (Wildman–Crippen LogP) is 7.31. The van der Waals surface area contributed by atoms with Crippen molar-refractivity contribution in [3.63, 3.8) is 0 Å². The van der Waals surface area contributed by atoms with E-state index in [1.54, 1.807) is 43.5 Å². The summed E-state index contributed by atoms with van der Waals surface area (Å²) in [4.78, 5) is 21.0. The second-order valence-corrected chi connectivity index (χ2v) is 8.62. The molecule has 1 amide bonds. The van der Waals surface area contributed by atoms with Gasteiger partial charge in [0.15, 0.2) is 17.3 Å². The topological polar surface area (TPSA) is 82.6 Å². The number of carbonyl (C=O) groups excluding carboxylic acids is 1. The van der Waals surface area contributed by atoms with Crippen LogP contribution in [0.25, 0.3) is 11.1 Å². The summed E-state index contributed by atoms with van der Waals surface area (Å²) in [6.45, 7) is 1.75. The first kappa shape index (κ1) is 26.9. The fourth-order valence-electron chi connectivity index (χ4n) is 3.46. The molecule has 0 atom stereocenters. The molecule has 0 saturated heterocycles. The Labute approximate surface area is 222 Å². The Morgan fingerprint density at radius 3 is 2.37 bits per heavy atom. The van der Waals surface area contributed by atoms with Gasteiger partial charge in [-0.05, 0) is 64.3 Å². The lowest BCUT2D eigenvalue weighted by molar-refractivity contribution is -0.274. The number of aromatic nitrogens is 2. The number of anilines is 1. The van der Waals surface area contributed by atoms with Gasteiger partial charge in [-0.25, -0.2) is 9.37 Å². The lowest BCUT2D eigenvalue weighted by atomic mass is 10.0. The zero-order chi connectivity index (χ0) is 27.4. The predicted molar refractivity (Wildman–Crippen MR) is 134 cm³/mol. The number of ether oxygens (including phenoxy) is 3. The number of hydrogen-bond donors (Lipinski definition) is 1. The molecule has 38 heavy (non-hydrogen) atoms. The van der Waals surface area contributed by atoms with E-state index in [4.69, 9.17) is 9.47 Å². The number of aryl methyl sites for hydroxylation is 1. The van der Waals surface area contributed by atoms with Crippen molar-refractivity contribution >= 4 is 27.5 Å². The normalized spacial score (nSPS) is 11.1. The molecule has 7 nitrogen and oxygen atoms in total. The van der Waals surface area contributed by atoms with Crippen LogP contribution in [0.2, 0.25) is 0 Å². The highest BCUT2D eigenvalue weighted by atomic mass is 79.9. The van der Waals surface area contributed by atoms with Gasteiger partial charge in [-0.1, -0.05) is 12.1 Å². The maximum atomic E-state index is 14.8. The minimum Gasteiger partial charge on any atom is -0.493 e. The summed E-state index contributed by atoms with van der Waals surface area (Å²) >= 11 is 3.24. The third kappa shape index (κ3) is 6.38. The first-order valence-electron chi connectivity index (χ1n) is 10.8. The van der Waals surface area contributed by atoms with Crippen LogP contribution in [-0.2, 0) is 0 Å². The largest absolute Gasteiger partial charge is 0.573 e. The van der Waals surface area contributed by atoms with Crippen molar-refractivity contribution < 1.29 is 36.6 Å². The molecule has 0 saturated carbocycles. The average Bonchev–Trinajstić information content (AvgIpc) is 2.86. The zero-order valence-electron chi connectivity index (χ0n) is 19.8. The number of halogens is 5. The molecule has 0 aliphatic carbocycles. The fraction of sp³-hybridized carbons (Fsp3) is 0.115. The molecular formula is C26H18BrF4N3O4. The number of benzene rings is 2. The standard InChI is InChI=1S/C26H18BrF4N3O4/c1-14-11-33-23(27)10-20(14)34-25(35)24-18(12-32-13-19(24)28)15-3-5-16(6-4-15)37-21-8-7-17(9-22(21)36-2)38-26(29,30)31/h3-13H,1-2H3,(H,33,34,35). The van der Waals surface area contributed by atoms with Crippen LogP contribution < -0.4 is 19.5 Å². The first-order chi connectivity index (χ1) is 18.0. The minimum absolute atomic E-state index is 0.0159. The van der Waals surface area contributed by atoms with Gasteiger partial charge < -0.3 is 19.5 Å². The van der Waals surface area contributed by atoms with E-state index in [1.165, 1.54) is 19.4 Å². The van der Waals surface area contributed by atoms with Crippen molar-refractivity contribution in [1.29, 1.82) is 0 Å². The van der Waals surface area contributed by atoms with Gasteiger partial charge in [-0.3, -0.25) is 9.78 Å². The summed E-state index contributed by atoms with van der Waals surface area (Å²) in [6.07, 6.45) is -0.970. The quantitative estimate of drug-likeness (QED) is 0.179. The van der Waals surface area contributed by atoms with Gasteiger partial charge >= 0.3 is 6.36 Å². The monoisotopic (exact) mass is 591 g/mol. The smallest absolute Gasteiger partial charge is 0.493 e. The Balaban J connectivity index is 1.58. The van der Waals surface area contributed by atoms with Crippen molar-refractivity contribution in [3.8, 4) is 34.1 Å². The number of amides is 1. The number of rotatable bonds is 7. The maximum Gasteiger partial charge on any atom is 0.573 e. The van der Waals surface area contributed by atoms with Crippen molar-refractivity contribution in [2.45, 2.75) is 13.3 Å². The van der Waals surface area contributed by atoms with Crippen molar-refractivity contribution in [1.82, 2.24) is 9.97 Å². The van der Waals surface area contributed by atoms with E-state index < -0.39 is 23.8 Å². The number of pyridine rings is 2. The molecule has 2 heterocycles. The highest BCUT2D eigenvalue weighted by Crippen LogP contribution is 2.37.